The zero-order chi connectivity index (χ0) is 18.7. The van der Waals surface area contributed by atoms with Crippen molar-refractivity contribution in [3.63, 3.8) is 0 Å². The van der Waals surface area contributed by atoms with E-state index in [1.54, 1.807) is 0 Å². The molecule has 0 spiro atoms. The van der Waals surface area contributed by atoms with Crippen LogP contribution in [-0.2, 0) is 22.4 Å². The van der Waals surface area contributed by atoms with Crippen molar-refractivity contribution in [3.8, 4) is 0 Å². The Morgan fingerprint density at radius 2 is 1.69 bits per heavy atom. The van der Waals surface area contributed by atoms with E-state index in [9.17, 15) is 9.59 Å². The van der Waals surface area contributed by atoms with Crippen LogP contribution in [0.15, 0.2) is 24.3 Å². The van der Waals surface area contributed by atoms with Crippen LogP contribution in [0, 0.1) is 5.92 Å². The molecule has 0 radical (unpaired) electrons. The van der Waals surface area contributed by atoms with E-state index >= 15 is 0 Å². The van der Waals surface area contributed by atoms with Crippen LogP contribution in [-0.4, -0.2) is 41.4 Å². The molecule has 0 saturated carbocycles. The van der Waals surface area contributed by atoms with Gasteiger partial charge in [-0.2, -0.15) is 0 Å². The zero-order valence-electron chi connectivity index (χ0n) is 16.0. The lowest BCUT2D eigenvalue weighted by Gasteiger charge is -2.42. The van der Waals surface area contributed by atoms with Crippen molar-refractivity contribution >= 4 is 11.8 Å². The van der Waals surface area contributed by atoms with Gasteiger partial charge in [-0.15, -0.1) is 0 Å². The third-order valence-electron chi connectivity index (χ3n) is 5.82. The number of hydrogen-bond acceptors (Lipinski definition) is 3. The van der Waals surface area contributed by atoms with Crippen molar-refractivity contribution < 1.29 is 9.59 Å². The first-order valence-electron chi connectivity index (χ1n) is 9.84. The minimum atomic E-state index is -0.604. The van der Waals surface area contributed by atoms with Gasteiger partial charge in [-0.3, -0.25) is 14.5 Å². The summed E-state index contributed by atoms with van der Waals surface area (Å²) in [5.74, 6) is -0.198. The summed E-state index contributed by atoms with van der Waals surface area (Å²) in [5.41, 5.74) is 7.47. The van der Waals surface area contributed by atoms with Crippen LogP contribution in [0.4, 0.5) is 0 Å². The predicted octanol–water partition coefficient (Wildman–Crippen LogP) is 2.03. The number of rotatable bonds is 6. The lowest BCUT2D eigenvalue weighted by Crippen LogP contribution is -2.63. The van der Waals surface area contributed by atoms with Crippen LogP contribution in [0.2, 0.25) is 0 Å². The number of nitrogens with one attached hydrogen (secondary N) is 1. The minimum absolute atomic E-state index is 0.0416. The van der Waals surface area contributed by atoms with E-state index in [0.29, 0.717) is 25.2 Å². The van der Waals surface area contributed by atoms with E-state index in [4.69, 9.17) is 5.73 Å². The van der Waals surface area contributed by atoms with E-state index in [-0.39, 0.29) is 5.91 Å². The van der Waals surface area contributed by atoms with Gasteiger partial charge < -0.3 is 11.1 Å². The smallest absolute Gasteiger partial charge is 0.241 e. The largest absolute Gasteiger partial charge is 0.368 e. The van der Waals surface area contributed by atoms with Crippen molar-refractivity contribution in [1.29, 1.82) is 0 Å². The highest BCUT2D eigenvalue weighted by Gasteiger charge is 2.49. The molecule has 142 valence electrons. The molecule has 2 aliphatic rings. The predicted molar refractivity (Wildman–Crippen MR) is 103 cm³/mol. The molecule has 1 aromatic rings. The van der Waals surface area contributed by atoms with Crippen LogP contribution < -0.4 is 11.1 Å². The van der Waals surface area contributed by atoms with Crippen LogP contribution in [0.3, 0.4) is 0 Å². The van der Waals surface area contributed by atoms with Gasteiger partial charge in [0.25, 0.3) is 0 Å². The van der Waals surface area contributed by atoms with Gasteiger partial charge in [-0.05, 0) is 49.4 Å². The summed E-state index contributed by atoms with van der Waals surface area (Å²) >= 11 is 0. The highest BCUT2D eigenvalue weighted by Crippen LogP contribution is 2.36. The fraction of sp³-hybridized carbons (Fsp3) is 0.619. The summed E-state index contributed by atoms with van der Waals surface area (Å²) in [6.07, 6.45) is 5.46. The average molecular weight is 357 g/mol. The molecule has 3 N–H and O–H groups in total. The minimum Gasteiger partial charge on any atom is -0.368 e. The van der Waals surface area contributed by atoms with Crippen LogP contribution in [0.25, 0.3) is 0 Å². The monoisotopic (exact) mass is 357 g/mol. The van der Waals surface area contributed by atoms with Crippen LogP contribution in [0.1, 0.15) is 50.7 Å². The van der Waals surface area contributed by atoms with Gasteiger partial charge in [0.1, 0.15) is 11.6 Å². The molecule has 1 heterocycles. The number of nitrogens with two attached hydrogens (primary N) is 1. The quantitative estimate of drug-likeness (QED) is 0.818. The molecule has 1 atom stereocenters. The maximum Gasteiger partial charge on any atom is 0.241 e. The maximum absolute atomic E-state index is 13.5. The fourth-order valence-corrected chi connectivity index (χ4v) is 4.45. The molecule has 26 heavy (non-hydrogen) atoms. The second-order valence-corrected chi connectivity index (χ2v) is 8.26. The molecular weight excluding hydrogens is 326 g/mol. The van der Waals surface area contributed by atoms with E-state index in [0.717, 1.165) is 25.9 Å². The number of hydrogen-bond donors (Lipinski definition) is 2. The molecule has 3 rings (SSSR count). The van der Waals surface area contributed by atoms with Gasteiger partial charge in [0.05, 0.1) is 0 Å². The van der Waals surface area contributed by atoms with Gasteiger partial charge in [0, 0.05) is 12.8 Å². The van der Waals surface area contributed by atoms with E-state index in [1.807, 2.05) is 26.0 Å². The first-order chi connectivity index (χ1) is 12.4. The Hall–Kier alpha value is -1.88. The molecule has 1 aliphatic heterocycles. The molecule has 5 nitrogen and oxygen atoms in total. The third kappa shape index (κ3) is 3.78. The lowest BCUT2D eigenvalue weighted by molar-refractivity contribution is -0.137. The lowest BCUT2D eigenvalue weighted by atomic mass is 9.88. The SMILES string of the molecule is CC(C)C[C@H](NC(=O)C1(N2CCCCC2)Cc2ccccc2C1)C(N)=O. The molecule has 1 fully saturated rings. The molecule has 0 bridgehead atoms. The fourth-order valence-electron chi connectivity index (χ4n) is 4.45. The topological polar surface area (TPSA) is 75.4 Å². The van der Waals surface area contributed by atoms with Gasteiger partial charge in [0.2, 0.25) is 11.8 Å². The Morgan fingerprint density at radius 3 is 2.19 bits per heavy atom. The van der Waals surface area contributed by atoms with Crippen molar-refractivity contribution in [2.45, 2.75) is 64.0 Å². The molecule has 5 heteroatoms. The van der Waals surface area contributed by atoms with Gasteiger partial charge >= 0.3 is 0 Å². The number of likely N-dealkylation sites (tertiary alicyclic amines) is 1. The number of benzene rings is 1. The van der Waals surface area contributed by atoms with Gasteiger partial charge in [-0.25, -0.2) is 0 Å². The zero-order valence-corrected chi connectivity index (χ0v) is 16.0. The first kappa shape index (κ1) is 18.9. The highest BCUT2D eigenvalue weighted by atomic mass is 16.2. The molecule has 0 unspecified atom stereocenters. The summed E-state index contributed by atoms with van der Waals surface area (Å²) < 4.78 is 0. The number of amides is 2. The van der Waals surface area contributed by atoms with Gasteiger partial charge in [0.15, 0.2) is 0 Å². The molecule has 1 saturated heterocycles. The molecule has 2 amide bonds. The number of nitrogens with zero attached hydrogens (tertiary/aromatic N) is 1. The number of primary amides is 1. The Kier molecular flexibility index (Phi) is 5.66. The first-order valence-corrected chi connectivity index (χ1v) is 9.84. The molecule has 1 aromatic carbocycles. The maximum atomic E-state index is 13.5. The highest BCUT2D eigenvalue weighted by molar-refractivity contribution is 5.92. The molecule has 0 aromatic heterocycles. The van der Waals surface area contributed by atoms with Crippen molar-refractivity contribution in [3.05, 3.63) is 35.4 Å². The van der Waals surface area contributed by atoms with Crippen molar-refractivity contribution in [2.24, 2.45) is 11.7 Å². The average Bonchev–Trinajstić information content (AvgIpc) is 3.02. The third-order valence-corrected chi connectivity index (χ3v) is 5.82. The summed E-state index contributed by atoms with van der Waals surface area (Å²) in [6, 6.07) is 7.71. The standard InChI is InChI=1S/C21H31N3O2/c1-15(2)12-18(19(22)25)23-20(26)21(24-10-6-3-7-11-24)13-16-8-4-5-9-17(16)14-21/h4-5,8-9,15,18H,3,6-7,10-14H2,1-2H3,(H2,22,25)(H,23,26)/t18-/m0/s1. The van der Waals surface area contributed by atoms with Gasteiger partial charge in [-0.1, -0.05) is 44.5 Å². The summed E-state index contributed by atoms with van der Waals surface area (Å²) in [7, 11) is 0. The van der Waals surface area contributed by atoms with E-state index < -0.39 is 17.5 Å². The van der Waals surface area contributed by atoms with E-state index in [2.05, 4.69) is 22.3 Å². The molecular formula is C21H31N3O2. The molecule has 1 aliphatic carbocycles. The number of fused-ring (bicyclic) bond motifs is 1. The number of carbonyl (C=O) groups is 2. The van der Waals surface area contributed by atoms with Crippen molar-refractivity contribution in [1.82, 2.24) is 10.2 Å². The van der Waals surface area contributed by atoms with Crippen LogP contribution in [0.5, 0.6) is 0 Å². The summed E-state index contributed by atoms with van der Waals surface area (Å²) in [4.78, 5) is 27.7. The second kappa shape index (κ2) is 7.78. The second-order valence-electron chi connectivity index (χ2n) is 8.26. The Labute approximate surface area is 156 Å². The van der Waals surface area contributed by atoms with Crippen LogP contribution >= 0.6 is 0 Å². The summed E-state index contributed by atoms with van der Waals surface area (Å²) in [5, 5.41) is 3.01. The van der Waals surface area contributed by atoms with Crippen molar-refractivity contribution in [2.75, 3.05) is 13.1 Å². The van der Waals surface area contributed by atoms with E-state index in [1.165, 1.54) is 17.5 Å². The normalized spacial score (nSPS) is 20.6. The number of carbonyl (C=O) groups excluding carboxylic acids is 2. The number of piperidine rings is 1. The summed E-state index contributed by atoms with van der Waals surface area (Å²) in [6.45, 7) is 5.95. The Bertz CT molecular complexity index is 640. The Morgan fingerprint density at radius 1 is 1.12 bits per heavy atom. The Balaban J connectivity index is 1.86.